The SMILES string of the molecule is CCCCCC(C)Nc1ccc(S(=O)(=O)CCC)cc1. The Kier molecular flexibility index (Phi) is 7.06. The largest absolute Gasteiger partial charge is 0.383 e. The minimum absolute atomic E-state index is 0.215. The van der Waals surface area contributed by atoms with Crippen molar-refractivity contribution >= 4 is 15.5 Å². The molecule has 114 valence electrons. The zero-order valence-electron chi connectivity index (χ0n) is 12.9. The summed E-state index contributed by atoms with van der Waals surface area (Å²) in [6.07, 6.45) is 5.52. The smallest absolute Gasteiger partial charge is 0.178 e. The standard InChI is InChI=1S/C16H27NO2S/c1-4-6-7-8-14(3)17-15-9-11-16(12-10-15)20(18,19)13-5-2/h9-12,14,17H,4-8,13H2,1-3H3. The van der Waals surface area contributed by atoms with E-state index in [4.69, 9.17) is 0 Å². The maximum atomic E-state index is 11.9. The summed E-state index contributed by atoms with van der Waals surface area (Å²) < 4.78 is 23.8. The molecule has 0 aliphatic carbocycles. The highest BCUT2D eigenvalue weighted by Gasteiger charge is 2.12. The van der Waals surface area contributed by atoms with E-state index in [9.17, 15) is 8.42 Å². The maximum absolute atomic E-state index is 11.9. The Morgan fingerprint density at radius 2 is 1.70 bits per heavy atom. The summed E-state index contributed by atoms with van der Waals surface area (Å²) >= 11 is 0. The van der Waals surface area contributed by atoms with Crippen LogP contribution in [0.3, 0.4) is 0 Å². The summed E-state index contributed by atoms with van der Waals surface area (Å²) in [5.41, 5.74) is 0.990. The molecule has 1 aromatic rings. The molecule has 0 aliphatic rings. The Morgan fingerprint density at radius 1 is 1.05 bits per heavy atom. The third-order valence-electron chi connectivity index (χ3n) is 3.34. The van der Waals surface area contributed by atoms with Crippen molar-refractivity contribution in [2.24, 2.45) is 0 Å². The monoisotopic (exact) mass is 297 g/mol. The van der Waals surface area contributed by atoms with E-state index < -0.39 is 9.84 Å². The Bertz CT molecular complexity index is 480. The Labute approximate surface area is 123 Å². The van der Waals surface area contributed by atoms with Gasteiger partial charge < -0.3 is 5.32 Å². The molecule has 4 heteroatoms. The second kappa shape index (κ2) is 8.30. The highest BCUT2D eigenvalue weighted by atomic mass is 32.2. The first-order valence-corrected chi connectivity index (χ1v) is 9.24. The van der Waals surface area contributed by atoms with Crippen molar-refractivity contribution in [3.63, 3.8) is 0 Å². The third kappa shape index (κ3) is 5.53. The topological polar surface area (TPSA) is 46.2 Å². The van der Waals surface area contributed by atoms with E-state index in [0.29, 0.717) is 17.4 Å². The number of nitrogens with one attached hydrogen (secondary N) is 1. The summed E-state index contributed by atoms with van der Waals surface area (Å²) in [5, 5.41) is 3.42. The molecule has 1 atom stereocenters. The lowest BCUT2D eigenvalue weighted by atomic mass is 10.1. The van der Waals surface area contributed by atoms with Gasteiger partial charge in [0.05, 0.1) is 10.6 Å². The molecule has 0 fully saturated rings. The molecular weight excluding hydrogens is 270 g/mol. The van der Waals surface area contributed by atoms with Gasteiger partial charge in [0.15, 0.2) is 9.84 Å². The fraction of sp³-hybridized carbons (Fsp3) is 0.625. The van der Waals surface area contributed by atoms with Crippen LogP contribution in [0.4, 0.5) is 5.69 Å². The van der Waals surface area contributed by atoms with E-state index >= 15 is 0 Å². The molecule has 1 N–H and O–H groups in total. The number of sulfone groups is 1. The van der Waals surface area contributed by atoms with Crippen LogP contribution in [-0.2, 0) is 9.84 Å². The van der Waals surface area contributed by atoms with E-state index in [1.807, 2.05) is 19.1 Å². The van der Waals surface area contributed by atoms with Crippen LogP contribution in [0.2, 0.25) is 0 Å². The molecule has 0 radical (unpaired) electrons. The molecule has 0 heterocycles. The van der Waals surface area contributed by atoms with Gasteiger partial charge in [-0.15, -0.1) is 0 Å². The predicted molar refractivity (Wildman–Crippen MR) is 86.0 cm³/mol. The molecule has 0 saturated heterocycles. The lowest BCUT2D eigenvalue weighted by molar-refractivity contribution is 0.594. The van der Waals surface area contributed by atoms with Crippen LogP contribution in [-0.4, -0.2) is 20.2 Å². The number of rotatable bonds is 9. The van der Waals surface area contributed by atoms with Crippen LogP contribution < -0.4 is 5.32 Å². The molecule has 0 aliphatic heterocycles. The lowest BCUT2D eigenvalue weighted by Crippen LogP contribution is -2.15. The average molecular weight is 297 g/mol. The number of anilines is 1. The molecule has 3 nitrogen and oxygen atoms in total. The van der Waals surface area contributed by atoms with Crippen LogP contribution in [0.15, 0.2) is 29.2 Å². The van der Waals surface area contributed by atoms with E-state index in [2.05, 4.69) is 19.2 Å². The van der Waals surface area contributed by atoms with Crippen molar-refractivity contribution in [2.45, 2.75) is 63.8 Å². The first-order valence-electron chi connectivity index (χ1n) is 7.59. The molecular formula is C16H27NO2S. The Balaban J connectivity index is 2.58. The van der Waals surface area contributed by atoms with Crippen molar-refractivity contribution in [3.8, 4) is 0 Å². The maximum Gasteiger partial charge on any atom is 0.178 e. The molecule has 20 heavy (non-hydrogen) atoms. The molecule has 0 spiro atoms. The van der Waals surface area contributed by atoms with Gasteiger partial charge >= 0.3 is 0 Å². The van der Waals surface area contributed by atoms with Gasteiger partial charge in [0, 0.05) is 11.7 Å². The molecule has 1 aromatic carbocycles. The first-order chi connectivity index (χ1) is 9.49. The van der Waals surface area contributed by atoms with Crippen molar-refractivity contribution in [3.05, 3.63) is 24.3 Å². The minimum atomic E-state index is -3.10. The summed E-state index contributed by atoms with van der Waals surface area (Å²) in [7, 11) is -3.10. The van der Waals surface area contributed by atoms with Crippen molar-refractivity contribution in [1.82, 2.24) is 0 Å². The quantitative estimate of drug-likeness (QED) is 0.693. The van der Waals surface area contributed by atoms with Crippen molar-refractivity contribution < 1.29 is 8.42 Å². The second-order valence-corrected chi connectivity index (χ2v) is 7.49. The van der Waals surface area contributed by atoms with Crippen LogP contribution in [0.25, 0.3) is 0 Å². The van der Waals surface area contributed by atoms with Gasteiger partial charge in [-0.05, 0) is 44.0 Å². The van der Waals surface area contributed by atoms with E-state index in [1.54, 1.807) is 12.1 Å². The van der Waals surface area contributed by atoms with Crippen LogP contribution in [0.5, 0.6) is 0 Å². The summed E-state index contributed by atoms with van der Waals surface area (Å²) in [4.78, 5) is 0.420. The van der Waals surface area contributed by atoms with Crippen LogP contribution in [0.1, 0.15) is 52.9 Å². The molecule has 0 saturated carbocycles. The predicted octanol–water partition coefficient (Wildman–Crippen LogP) is 4.25. The van der Waals surface area contributed by atoms with Gasteiger partial charge in [-0.1, -0.05) is 33.1 Å². The fourth-order valence-electron chi connectivity index (χ4n) is 2.20. The minimum Gasteiger partial charge on any atom is -0.383 e. The lowest BCUT2D eigenvalue weighted by Gasteiger charge is -2.15. The van der Waals surface area contributed by atoms with Gasteiger partial charge in [0.2, 0.25) is 0 Å². The van der Waals surface area contributed by atoms with Crippen molar-refractivity contribution in [1.29, 1.82) is 0 Å². The highest BCUT2D eigenvalue weighted by molar-refractivity contribution is 7.91. The van der Waals surface area contributed by atoms with Crippen LogP contribution in [0, 0.1) is 0 Å². The summed E-state index contributed by atoms with van der Waals surface area (Å²) in [6.45, 7) is 6.25. The zero-order chi connectivity index (χ0) is 15.0. The number of unbranched alkanes of at least 4 members (excludes halogenated alkanes) is 2. The van der Waals surface area contributed by atoms with Gasteiger partial charge in [0.25, 0.3) is 0 Å². The van der Waals surface area contributed by atoms with Gasteiger partial charge in [0.1, 0.15) is 0 Å². The highest BCUT2D eigenvalue weighted by Crippen LogP contribution is 2.17. The summed E-state index contributed by atoms with van der Waals surface area (Å²) in [5.74, 6) is 0.215. The third-order valence-corrected chi connectivity index (χ3v) is 5.28. The van der Waals surface area contributed by atoms with Gasteiger partial charge in [-0.2, -0.15) is 0 Å². The molecule has 0 amide bonds. The molecule has 0 bridgehead atoms. The second-order valence-electron chi connectivity index (χ2n) is 5.38. The molecule has 1 rings (SSSR count). The van der Waals surface area contributed by atoms with E-state index in [0.717, 1.165) is 12.1 Å². The number of hydrogen-bond acceptors (Lipinski definition) is 3. The fourth-order valence-corrected chi connectivity index (χ4v) is 3.53. The van der Waals surface area contributed by atoms with E-state index in [-0.39, 0.29) is 5.75 Å². The molecule has 0 aromatic heterocycles. The normalized spacial score (nSPS) is 13.2. The van der Waals surface area contributed by atoms with Crippen LogP contribution >= 0.6 is 0 Å². The molecule has 1 unspecified atom stereocenters. The van der Waals surface area contributed by atoms with Gasteiger partial charge in [-0.3, -0.25) is 0 Å². The van der Waals surface area contributed by atoms with E-state index in [1.165, 1.54) is 19.3 Å². The summed E-state index contributed by atoms with van der Waals surface area (Å²) in [6, 6.07) is 7.54. The Hall–Kier alpha value is -1.03. The van der Waals surface area contributed by atoms with Gasteiger partial charge in [-0.25, -0.2) is 8.42 Å². The zero-order valence-corrected chi connectivity index (χ0v) is 13.7. The number of hydrogen-bond donors (Lipinski definition) is 1. The average Bonchev–Trinajstić information content (AvgIpc) is 2.39. The number of benzene rings is 1. The van der Waals surface area contributed by atoms with Crippen molar-refractivity contribution in [2.75, 3.05) is 11.1 Å². The Morgan fingerprint density at radius 3 is 2.25 bits per heavy atom. The first kappa shape index (κ1) is 17.0.